The molecule has 0 radical (unpaired) electrons. The highest BCUT2D eigenvalue weighted by Crippen LogP contribution is 2.18. The highest BCUT2D eigenvalue weighted by atomic mass is 16.4. The van der Waals surface area contributed by atoms with Gasteiger partial charge in [-0.2, -0.15) is 0 Å². The summed E-state index contributed by atoms with van der Waals surface area (Å²) in [6.45, 7) is 3.78. The van der Waals surface area contributed by atoms with Gasteiger partial charge in [0, 0.05) is 18.1 Å². The van der Waals surface area contributed by atoms with Crippen LogP contribution < -0.4 is 5.32 Å². The van der Waals surface area contributed by atoms with Crippen molar-refractivity contribution in [2.45, 2.75) is 20.3 Å². The number of aryl methyl sites for hydroxylation is 2. The number of nitrogens with one attached hydrogen (secondary N) is 1. The number of pyridine rings is 1. The van der Waals surface area contributed by atoms with E-state index in [1.54, 1.807) is 6.07 Å². The first kappa shape index (κ1) is 15.7. The SMILES string of the molecule is Cc1ccc(C(=O)O)cc1NC(=O)Cc1cn2cccc(C)c2n1. The summed E-state index contributed by atoms with van der Waals surface area (Å²) < 4.78 is 1.88. The van der Waals surface area contributed by atoms with Gasteiger partial charge in [-0.05, 0) is 43.2 Å². The lowest BCUT2D eigenvalue weighted by Gasteiger charge is -2.08. The van der Waals surface area contributed by atoms with Gasteiger partial charge >= 0.3 is 5.97 Å². The third-order valence-electron chi connectivity index (χ3n) is 3.83. The largest absolute Gasteiger partial charge is 0.478 e. The average Bonchev–Trinajstić information content (AvgIpc) is 2.93. The molecule has 0 saturated heterocycles. The first-order chi connectivity index (χ1) is 11.4. The molecule has 0 fully saturated rings. The summed E-state index contributed by atoms with van der Waals surface area (Å²) in [5.41, 5.74) is 3.96. The number of imidazole rings is 1. The maximum absolute atomic E-state index is 12.3. The van der Waals surface area contributed by atoms with Crippen LogP contribution in [0.5, 0.6) is 0 Å². The Morgan fingerprint density at radius 2 is 2.00 bits per heavy atom. The van der Waals surface area contributed by atoms with E-state index in [0.717, 1.165) is 16.8 Å². The summed E-state index contributed by atoms with van der Waals surface area (Å²) in [7, 11) is 0. The lowest BCUT2D eigenvalue weighted by molar-refractivity contribution is -0.115. The number of hydrogen-bond donors (Lipinski definition) is 2. The Morgan fingerprint density at radius 1 is 1.21 bits per heavy atom. The average molecular weight is 323 g/mol. The zero-order chi connectivity index (χ0) is 17.3. The molecule has 1 aromatic carbocycles. The molecule has 1 amide bonds. The molecule has 0 aliphatic rings. The summed E-state index contributed by atoms with van der Waals surface area (Å²) in [6, 6.07) is 8.54. The van der Waals surface area contributed by atoms with Gasteiger partial charge in [0.15, 0.2) is 0 Å². The summed E-state index contributed by atoms with van der Waals surface area (Å²) >= 11 is 0. The van der Waals surface area contributed by atoms with Crippen LogP contribution in [0.2, 0.25) is 0 Å². The summed E-state index contributed by atoms with van der Waals surface area (Å²) in [5, 5.41) is 11.8. The van der Waals surface area contributed by atoms with E-state index in [0.29, 0.717) is 11.4 Å². The van der Waals surface area contributed by atoms with E-state index < -0.39 is 5.97 Å². The van der Waals surface area contributed by atoms with Gasteiger partial charge in [-0.1, -0.05) is 12.1 Å². The maximum Gasteiger partial charge on any atom is 0.335 e. The number of aromatic nitrogens is 2. The van der Waals surface area contributed by atoms with Crippen molar-refractivity contribution in [1.29, 1.82) is 0 Å². The Hall–Kier alpha value is -3.15. The third-order valence-corrected chi connectivity index (χ3v) is 3.83. The predicted octanol–water partition coefficient (Wildman–Crippen LogP) is 2.83. The van der Waals surface area contributed by atoms with E-state index in [4.69, 9.17) is 5.11 Å². The fraction of sp³-hybridized carbons (Fsp3) is 0.167. The Kier molecular flexibility index (Phi) is 4.04. The first-order valence-corrected chi connectivity index (χ1v) is 7.51. The van der Waals surface area contributed by atoms with Crippen molar-refractivity contribution in [3.63, 3.8) is 0 Å². The topological polar surface area (TPSA) is 83.7 Å². The van der Waals surface area contributed by atoms with Crippen molar-refractivity contribution in [1.82, 2.24) is 9.38 Å². The highest BCUT2D eigenvalue weighted by Gasteiger charge is 2.12. The second-order valence-electron chi connectivity index (χ2n) is 5.71. The molecular formula is C18H17N3O3. The highest BCUT2D eigenvalue weighted by molar-refractivity contribution is 5.95. The lowest BCUT2D eigenvalue weighted by atomic mass is 10.1. The minimum absolute atomic E-state index is 0.123. The van der Waals surface area contributed by atoms with Crippen LogP contribution >= 0.6 is 0 Å². The number of hydrogen-bond acceptors (Lipinski definition) is 3. The van der Waals surface area contributed by atoms with Crippen LogP contribution in [0.1, 0.15) is 27.2 Å². The van der Waals surface area contributed by atoms with Crippen molar-refractivity contribution in [2.75, 3.05) is 5.32 Å². The van der Waals surface area contributed by atoms with Gasteiger partial charge < -0.3 is 14.8 Å². The molecule has 0 aliphatic heterocycles. The molecule has 2 heterocycles. The van der Waals surface area contributed by atoms with Gasteiger partial charge in [-0.15, -0.1) is 0 Å². The third kappa shape index (κ3) is 3.12. The van der Waals surface area contributed by atoms with Crippen LogP contribution in [-0.2, 0) is 11.2 Å². The van der Waals surface area contributed by atoms with Crippen LogP contribution in [0.25, 0.3) is 5.65 Å². The number of amides is 1. The number of rotatable bonds is 4. The molecule has 2 aromatic heterocycles. The second-order valence-corrected chi connectivity index (χ2v) is 5.71. The molecule has 6 heteroatoms. The van der Waals surface area contributed by atoms with E-state index in [2.05, 4.69) is 10.3 Å². The van der Waals surface area contributed by atoms with E-state index in [-0.39, 0.29) is 17.9 Å². The van der Waals surface area contributed by atoms with Crippen LogP contribution in [0, 0.1) is 13.8 Å². The van der Waals surface area contributed by atoms with Gasteiger partial charge in [-0.3, -0.25) is 4.79 Å². The van der Waals surface area contributed by atoms with E-state index >= 15 is 0 Å². The van der Waals surface area contributed by atoms with Crippen LogP contribution in [0.4, 0.5) is 5.69 Å². The molecule has 3 aromatic rings. The Morgan fingerprint density at radius 3 is 2.71 bits per heavy atom. The van der Waals surface area contributed by atoms with Crippen molar-refractivity contribution in [3.8, 4) is 0 Å². The fourth-order valence-electron chi connectivity index (χ4n) is 2.54. The molecule has 122 valence electrons. The van der Waals surface area contributed by atoms with Crippen LogP contribution in [0.3, 0.4) is 0 Å². The molecule has 3 rings (SSSR count). The number of anilines is 1. The van der Waals surface area contributed by atoms with Gasteiger partial charge in [0.2, 0.25) is 5.91 Å². The minimum atomic E-state index is -1.03. The summed E-state index contributed by atoms with van der Waals surface area (Å²) in [5.74, 6) is -1.26. The molecule has 0 atom stereocenters. The number of carboxylic acid groups (broad SMARTS) is 1. The molecule has 2 N–H and O–H groups in total. The number of carbonyl (C=O) groups is 2. The van der Waals surface area contributed by atoms with Crippen molar-refractivity contribution in [2.24, 2.45) is 0 Å². The van der Waals surface area contributed by atoms with E-state index in [1.807, 2.05) is 42.8 Å². The molecule has 0 aliphatic carbocycles. The number of nitrogens with zero attached hydrogens (tertiary/aromatic N) is 2. The van der Waals surface area contributed by atoms with E-state index in [9.17, 15) is 9.59 Å². The number of benzene rings is 1. The quantitative estimate of drug-likeness (QED) is 0.773. The molecule has 24 heavy (non-hydrogen) atoms. The molecular weight excluding hydrogens is 306 g/mol. The predicted molar refractivity (Wildman–Crippen MR) is 90.4 cm³/mol. The number of carbonyl (C=O) groups excluding carboxylic acids is 1. The molecule has 6 nitrogen and oxygen atoms in total. The molecule has 0 saturated carbocycles. The zero-order valence-electron chi connectivity index (χ0n) is 13.4. The van der Waals surface area contributed by atoms with Crippen LogP contribution in [-0.4, -0.2) is 26.4 Å². The molecule has 0 unspecified atom stereocenters. The fourth-order valence-corrected chi connectivity index (χ4v) is 2.54. The summed E-state index contributed by atoms with van der Waals surface area (Å²) in [4.78, 5) is 27.8. The molecule has 0 bridgehead atoms. The van der Waals surface area contributed by atoms with Crippen molar-refractivity contribution >= 4 is 23.2 Å². The standard InChI is InChI=1S/C18H17N3O3/c1-11-5-6-13(18(23)24)8-15(11)20-16(22)9-14-10-21-7-3-4-12(2)17(21)19-14/h3-8,10H,9H2,1-2H3,(H,20,22)(H,23,24). The zero-order valence-corrected chi connectivity index (χ0v) is 13.4. The Labute approximate surface area is 138 Å². The Bertz CT molecular complexity index is 944. The van der Waals surface area contributed by atoms with Gasteiger partial charge in [0.05, 0.1) is 17.7 Å². The van der Waals surface area contributed by atoms with Crippen LogP contribution in [0.15, 0.2) is 42.7 Å². The van der Waals surface area contributed by atoms with Crippen molar-refractivity contribution in [3.05, 3.63) is 65.1 Å². The van der Waals surface area contributed by atoms with Gasteiger partial charge in [0.25, 0.3) is 0 Å². The maximum atomic E-state index is 12.3. The molecule has 0 spiro atoms. The monoisotopic (exact) mass is 323 g/mol. The first-order valence-electron chi connectivity index (χ1n) is 7.51. The van der Waals surface area contributed by atoms with Gasteiger partial charge in [-0.25, -0.2) is 9.78 Å². The van der Waals surface area contributed by atoms with E-state index in [1.165, 1.54) is 12.1 Å². The van der Waals surface area contributed by atoms with Crippen molar-refractivity contribution < 1.29 is 14.7 Å². The summed E-state index contributed by atoms with van der Waals surface area (Å²) in [6.07, 6.45) is 3.83. The minimum Gasteiger partial charge on any atom is -0.478 e. The second kappa shape index (κ2) is 6.16. The smallest absolute Gasteiger partial charge is 0.335 e. The normalized spacial score (nSPS) is 10.8. The lowest BCUT2D eigenvalue weighted by Crippen LogP contribution is -2.16. The van der Waals surface area contributed by atoms with Gasteiger partial charge in [0.1, 0.15) is 5.65 Å². The number of aromatic carboxylic acids is 1. The number of fused-ring (bicyclic) bond motifs is 1. The Balaban J connectivity index is 1.79. The number of carboxylic acids is 1.